The number of quaternary nitrogens is 2. The van der Waals surface area contributed by atoms with Crippen molar-refractivity contribution in [3.63, 3.8) is 0 Å². The Balaban J connectivity index is 0.876. The summed E-state index contributed by atoms with van der Waals surface area (Å²) in [4.78, 5) is 7.25. The van der Waals surface area contributed by atoms with Gasteiger partial charge in [-0.1, -0.05) is 72.1 Å². The van der Waals surface area contributed by atoms with Gasteiger partial charge in [0.1, 0.15) is 13.1 Å². The van der Waals surface area contributed by atoms with Gasteiger partial charge in [0.2, 0.25) is 11.0 Å². The van der Waals surface area contributed by atoms with Crippen molar-refractivity contribution in [2.45, 2.75) is 29.3 Å². The number of aromatic nitrogens is 2. The lowest BCUT2D eigenvalue weighted by atomic mass is 10.1. The molecular formula is C47H54N6S2+4. The highest BCUT2D eigenvalue weighted by molar-refractivity contribution is 8.04. The van der Waals surface area contributed by atoms with E-state index in [0.29, 0.717) is 0 Å². The van der Waals surface area contributed by atoms with Gasteiger partial charge < -0.3 is 18.8 Å². The molecule has 8 heteroatoms. The summed E-state index contributed by atoms with van der Waals surface area (Å²) in [6.45, 7) is 6.46. The predicted molar refractivity (Wildman–Crippen MR) is 234 cm³/mol. The first-order valence-electron chi connectivity index (χ1n) is 19.5. The van der Waals surface area contributed by atoms with Crippen molar-refractivity contribution in [2.24, 2.45) is 0 Å². The molecule has 4 aromatic carbocycles. The molecule has 0 radical (unpaired) electrons. The number of fused-ring (bicyclic) bond motifs is 4. The highest BCUT2D eigenvalue weighted by atomic mass is 32.2. The third-order valence-corrected chi connectivity index (χ3v) is 13.8. The molecule has 0 saturated heterocycles. The third-order valence-electron chi connectivity index (χ3n) is 11.4. The number of rotatable bonds is 12. The zero-order valence-electron chi connectivity index (χ0n) is 33.2. The maximum absolute atomic E-state index is 2.45. The average molecular weight is 767 g/mol. The zero-order chi connectivity index (χ0) is 38.2. The van der Waals surface area contributed by atoms with Gasteiger partial charge in [-0.15, -0.1) is 0 Å². The number of hydrogen-bond donors (Lipinski definition) is 0. The molecule has 6 aromatic rings. The minimum atomic E-state index is 0.987. The van der Waals surface area contributed by atoms with Gasteiger partial charge in [-0.3, -0.25) is 0 Å². The molecule has 0 fully saturated rings. The van der Waals surface area contributed by atoms with Crippen molar-refractivity contribution in [2.75, 3.05) is 78.3 Å². The fourth-order valence-electron chi connectivity index (χ4n) is 7.93. The summed E-state index contributed by atoms with van der Waals surface area (Å²) in [5, 5.41) is 5.13. The van der Waals surface area contributed by atoms with Gasteiger partial charge in [-0.05, 0) is 59.7 Å². The van der Waals surface area contributed by atoms with E-state index >= 15 is 0 Å². The summed E-state index contributed by atoms with van der Waals surface area (Å²) in [5.41, 5.74) is 7.68. The van der Waals surface area contributed by atoms with Crippen LogP contribution in [0.1, 0.15) is 17.5 Å². The number of thioether (sulfide) groups is 2. The van der Waals surface area contributed by atoms with Gasteiger partial charge in [-0.25, -0.2) is 0 Å². The van der Waals surface area contributed by atoms with E-state index in [1.165, 1.54) is 70.6 Å². The van der Waals surface area contributed by atoms with E-state index in [-0.39, 0.29) is 0 Å². The van der Waals surface area contributed by atoms with E-state index in [9.17, 15) is 0 Å². The molecule has 8 rings (SSSR count). The second-order valence-corrected chi connectivity index (χ2v) is 18.4. The smallest absolute Gasteiger partial charge is 0.213 e. The van der Waals surface area contributed by atoms with Crippen LogP contribution in [0, 0.1) is 0 Å². The van der Waals surface area contributed by atoms with Crippen molar-refractivity contribution in [3.05, 3.63) is 143 Å². The molecule has 6 nitrogen and oxygen atoms in total. The van der Waals surface area contributed by atoms with Crippen LogP contribution in [-0.2, 0) is 13.1 Å². The number of hydrogen-bond acceptors (Lipinski definition) is 4. The van der Waals surface area contributed by atoms with Crippen LogP contribution < -0.4 is 18.9 Å². The summed E-state index contributed by atoms with van der Waals surface area (Å²) in [7, 11) is 13.9. The quantitative estimate of drug-likeness (QED) is 0.0913. The van der Waals surface area contributed by atoms with E-state index in [4.69, 9.17) is 0 Å². The van der Waals surface area contributed by atoms with E-state index in [0.717, 1.165) is 48.2 Å². The SMILES string of the molecule is CN1/C(=C/c2cc[n+](CC[N+](C)(C)CCC[N+](C)(C)CC[n+]3ccc(/C=C4\Sc5ccccc5N4C)c4ccccc43)c3ccccc23)Sc2ccccc21. The number of likely N-dealkylation sites (N-methyl/N-ethyl adjacent to an activating group) is 2. The Kier molecular flexibility index (Phi) is 10.5. The normalized spacial score (nSPS) is 15.8. The van der Waals surface area contributed by atoms with Gasteiger partial charge in [0.15, 0.2) is 25.5 Å². The number of anilines is 2. The molecular weight excluding hydrogens is 713 g/mol. The molecule has 0 unspecified atom stereocenters. The topological polar surface area (TPSA) is 14.2 Å². The first-order chi connectivity index (χ1) is 26.6. The lowest BCUT2D eigenvalue weighted by Crippen LogP contribution is -2.51. The molecule has 2 aliphatic rings. The Morgan fingerprint density at radius 1 is 0.509 bits per heavy atom. The van der Waals surface area contributed by atoms with Crippen LogP contribution in [0.4, 0.5) is 11.4 Å². The number of nitrogens with zero attached hydrogens (tertiary/aromatic N) is 6. The van der Waals surface area contributed by atoms with E-state index in [1.54, 1.807) is 0 Å². The van der Waals surface area contributed by atoms with E-state index in [2.05, 4.69) is 195 Å². The fourth-order valence-corrected chi connectivity index (χ4v) is 10.1. The summed E-state index contributed by atoms with van der Waals surface area (Å²) >= 11 is 3.70. The van der Waals surface area contributed by atoms with E-state index in [1.807, 2.05) is 23.5 Å². The predicted octanol–water partition coefficient (Wildman–Crippen LogP) is 8.89. The molecule has 0 bridgehead atoms. The lowest BCUT2D eigenvalue weighted by Gasteiger charge is -2.32. The maximum atomic E-state index is 2.45. The second kappa shape index (κ2) is 15.5. The Morgan fingerprint density at radius 2 is 0.909 bits per heavy atom. The summed E-state index contributed by atoms with van der Waals surface area (Å²) in [6.07, 6.45) is 10.5. The monoisotopic (exact) mass is 766 g/mol. The van der Waals surface area contributed by atoms with Crippen molar-refractivity contribution >= 4 is 68.9 Å². The second-order valence-electron chi connectivity index (χ2n) is 16.3. The largest absolute Gasteiger partial charge is 0.338 e. The minimum Gasteiger partial charge on any atom is -0.338 e. The molecule has 280 valence electrons. The average Bonchev–Trinajstić information content (AvgIpc) is 3.68. The van der Waals surface area contributed by atoms with Crippen LogP contribution in [0.15, 0.2) is 141 Å². The van der Waals surface area contributed by atoms with Crippen LogP contribution in [-0.4, -0.2) is 77.4 Å². The molecule has 0 spiro atoms. The van der Waals surface area contributed by atoms with E-state index < -0.39 is 0 Å². The summed E-state index contributed by atoms with van der Waals surface area (Å²) in [5.74, 6) is 0. The molecule has 2 aromatic heterocycles. The molecule has 4 heterocycles. The van der Waals surface area contributed by atoms with Gasteiger partial charge in [0, 0.05) is 54.6 Å². The van der Waals surface area contributed by atoms with Crippen molar-refractivity contribution in [1.29, 1.82) is 0 Å². The number of pyridine rings is 2. The molecule has 0 amide bonds. The molecule has 2 aliphatic heterocycles. The molecule has 55 heavy (non-hydrogen) atoms. The first kappa shape index (κ1) is 37.3. The Hall–Kier alpha value is -4.60. The van der Waals surface area contributed by atoms with Crippen molar-refractivity contribution in [1.82, 2.24) is 0 Å². The van der Waals surface area contributed by atoms with Gasteiger partial charge in [0.05, 0.1) is 73.5 Å². The standard InChI is InChI=1S/C47H54N6S2/c1-48-42-20-11-13-22-44(42)54-46(48)34-36-24-26-50(40-18-9-7-16-38(36)40)28-32-52(3,4)30-15-31-53(5,6)33-29-51-27-25-37(39-17-8-10-19-41(39)51)35-47-49(2)43-21-12-14-23-45(43)55-47/h7-14,16-27,34-35H,15,28-33H2,1-6H3/q+4. The highest BCUT2D eigenvalue weighted by Crippen LogP contribution is 2.46. The Morgan fingerprint density at radius 3 is 1.35 bits per heavy atom. The number of benzene rings is 4. The lowest BCUT2D eigenvalue weighted by molar-refractivity contribution is -0.925. The Bertz CT molecular complexity index is 2260. The maximum Gasteiger partial charge on any atom is 0.213 e. The molecule has 0 atom stereocenters. The van der Waals surface area contributed by atoms with Gasteiger partial charge in [0.25, 0.3) is 0 Å². The van der Waals surface area contributed by atoms with Crippen LogP contribution in [0.25, 0.3) is 34.0 Å². The van der Waals surface area contributed by atoms with Crippen LogP contribution in [0.2, 0.25) is 0 Å². The van der Waals surface area contributed by atoms with Crippen LogP contribution >= 0.6 is 23.5 Å². The van der Waals surface area contributed by atoms with Gasteiger partial charge >= 0.3 is 0 Å². The zero-order valence-corrected chi connectivity index (χ0v) is 34.8. The highest BCUT2D eigenvalue weighted by Gasteiger charge is 2.26. The van der Waals surface area contributed by atoms with Crippen molar-refractivity contribution < 1.29 is 18.1 Å². The molecule has 0 aliphatic carbocycles. The summed E-state index contributed by atoms with van der Waals surface area (Å²) < 4.78 is 6.90. The molecule has 0 N–H and O–H groups in total. The van der Waals surface area contributed by atoms with Gasteiger partial charge in [-0.2, -0.15) is 9.13 Å². The fraction of sp³-hybridized carbons (Fsp3) is 0.277. The van der Waals surface area contributed by atoms with Crippen molar-refractivity contribution in [3.8, 4) is 0 Å². The number of para-hydroxylation sites is 4. The minimum absolute atomic E-state index is 0.987. The first-order valence-corrected chi connectivity index (χ1v) is 21.1. The molecule has 0 saturated carbocycles. The Labute approximate surface area is 335 Å². The van der Waals surface area contributed by atoms with Crippen LogP contribution in [0.5, 0.6) is 0 Å². The summed E-state index contributed by atoms with van der Waals surface area (Å²) in [6, 6.07) is 39.7. The third kappa shape index (κ3) is 8.05. The van der Waals surface area contributed by atoms with Crippen LogP contribution in [0.3, 0.4) is 0 Å².